The van der Waals surface area contributed by atoms with Crippen LogP contribution in [0.25, 0.3) is 0 Å². The topological polar surface area (TPSA) is 50.4 Å². The Kier molecular flexibility index (Phi) is 5.31. The van der Waals surface area contributed by atoms with E-state index >= 15 is 0 Å². The van der Waals surface area contributed by atoms with Gasteiger partial charge in [-0.3, -0.25) is 0 Å². The van der Waals surface area contributed by atoms with E-state index < -0.39 is 13.0 Å². The summed E-state index contributed by atoms with van der Waals surface area (Å²) in [5, 5.41) is 5.30. The van der Waals surface area contributed by atoms with Crippen LogP contribution >= 0.6 is 0 Å². The molecule has 1 aliphatic rings. The van der Waals surface area contributed by atoms with Gasteiger partial charge >= 0.3 is 6.03 Å². The van der Waals surface area contributed by atoms with Crippen LogP contribution in [0.5, 0.6) is 0 Å². The van der Waals surface area contributed by atoms with Gasteiger partial charge in [-0.05, 0) is 19.3 Å². The van der Waals surface area contributed by atoms with Gasteiger partial charge in [0.15, 0.2) is 0 Å². The first-order valence-electron chi connectivity index (χ1n) is 5.08. The Morgan fingerprint density at radius 1 is 1.47 bits per heavy atom. The molecule has 1 saturated carbocycles. The molecule has 0 aromatic rings. The number of carbonyl (C=O) groups excluding carboxylic acids is 1. The first kappa shape index (κ1) is 12.2. The van der Waals surface area contributed by atoms with Crippen LogP contribution in [0.15, 0.2) is 0 Å². The summed E-state index contributed by atoms with van der Waals surface area (Å²) < 4.78 is 27.8. The second-order valence-electron chi connectivity index (χ2n) is 3.49. The zero-order valence-corrected chi connectivity index (χ0v) is 8.47. The van der Waals surface area contributed by atoms with Crippen LogP contribution in [-0.2, 0) is 4.74 Å². The van der Waals surface area contributed by atoms with E-state index in [0.717, 1.165) is 19.3 Å². The number of hydrogen-bond acceptors (Lipinski definition) is 2. The predicted octanol–water partition coefficient (Wildman–Crippen LogP) is 1.12. The van der Waals surface area contributed by atoms with E-state index in [1.807, 2.05) is 0 Å². The minimum Gasteiger partial charge on any atom is -0.374 e. The van der Waals surface area contributed by atoms with Crippen molar-refractivity contribution in [2.24, 2.45) is 0 Å². The molecule has 0 aromatic carbocycles. The molecular formula is C9H16F2N2O2. The fraction of sp³-hybridized carbons (Fsp3) is 0.889. The summed E-state index contributed by atoms with van der Waals surface area (Å²) in [6.45, 7) is -0.209. The lowest BCUT2D eigenvalue weighted by Crippen LogP contribution is -2.45. The van der Waals surface area contributed by atoms with Crippen LogP contribution in [0.4, 0.5) is 13.6 Å². The third-order valence-corrected chi connectivity index (χ3v) is 2.22. The molecule has 0 aromatic heterocycles. The first-order chi connectivity index (χ1) is 7.18. The van der Waals surface area contributed by atoms with Crippen molar-refractivity contribution in [3.05, 3.63) is 0 Å². The number of urea groups is 1. The molecule has 4 nitrogen and oxygen atoms in total. The largest absolute Gasteiger partial charge is 0.374 e. The Morgan fingerprint density at radius 3 is 2.73 bits per heavy atom. The van der Waals surface area contributed by atoms with Crippen LogP contribution in [-0.4, -0.2) is 38.3 Å². The van der Waals surface area contributed by atoms with Crippen LogP contribution in [0.2, 0.25) is 0 Å². The highest BCUT2D eigenvalue weighted by Crippen LogP contribution is 2.17. The number of ether oxygens (including phenoxy) is 1. The zero-order chi connectivity index (χ0) is 11.1. The van der Waals surface area contributed by atoms with Gasteiger partial charge in [-0.1, -0.05) is 0 Å². The molecule has 1 rings (SSSR count). The molecule has 0 unspecified atom stereocenters. The van der Waals surface area contributed by atoms with Gasteiger partial charge in [0.05, 0.1) is 6.61 Å². The van der Waals surface area contributed by atoms with Gasteiger partial charge in [0.1, 0.15) is 6.61 Å². The van der Waals surface area contributed by atoms with Gasteiger partial charge in [0.25, 0.3) is 6.43 Å². The minimum absolute atomic E-state index is 0.114. The summed E-state index contributed by atoms with van der Waals surface area (Å²) in [6.07, 6.45) is 0.751. The summed E-state index contributed by atoms with van der Waals surface area (Å²) in [6, 6.07) is 0.0346. The highest BCUT2D eigenvalue weighted by atomic mass is 19.3. The Balaban J connectivity index is 1.88. The molecule has 0 spiro atoms. The standard InChI is InChI=1S/C9H16F2N2O2/c10-8(11)6-15-5-4-12-9(14)13-7-2-1-3-7/h7-8H,1-6H2,(H2,12,13,14). The third-order valence-electron chi connectivity index (χ3n) is 2.22. The molecule has 15 heavy (non-hydrogen) atoms. The smallest absolute Gasteiger partial charge is 0.315 e. The Morgan fingerprint density at radius 2 is 2.20 bits per heavy atom. The van der Waals surface area contributed by atoms with Crippen molar-refractivity contribution in [2.45, 2.75) is 31.7 Å². The zero-order valence-electron chi connectivity index (χ0n) is 8.47. The van der Waals surface area contributed by atoms with Crippen molar-refractivity contribution in [3.8, 4) is 0 Å². The van der Waals surface area contributed by atoms with Gasteiger partial charge in [-0.15, -0.1) is 0 Å². The van der Waals surface area contributed by atoms with Gasteiger partial charge in [0.2, 0.25) is 0 Å². The molecule has 0 radical (unpaired) electrons. The number of halogens is 2. The quantitative estimate of drug-likeness (QED) is 0.662. The van der Waals surface area contributed by atoms with Gasteiger partial charge in [-0.25, -0.2) is 13.6 Å². The average Bonchev–Trinajstić information content (AvgIpc) is 2.10. The fourth-order valence-corrected chi connectivity index (χ4v) is 1.20. The monoisotopic (exact) mass is 222 g/mol. The molecule has 0 bridgehead atoms. The second kappa shape index (κ2) is 6.55. The van der Waals surface area contributed by atoms with Crippen molar-refractivity contribution < 1.29 is 18.3 Å². The van der Waals surface area contributed by atoms with E-state index in [0.29, 0.717) is 0 Å². The van der Waals surface area contributed by atoms with E-state index in [-0.39, 0.29) is 25.2 Å². The van der Waals surface area contributed by atoms with Crippen molar-refractivity contribution >= 4 is 6.03 Å². The molecule has 0 aliphatic heterocycles. The molecule has 1 fully saturated rings. The maximum Gasteiger partial charge on any atom is 0.315 e. The first-order valence-corrected chi connectivity index (χ1v) is 5.08. The van der Waals surface area contributed by atoms with Crippen LogP contribution in [0.1, 0.15) is 19.3 Å². The van der Waals surface area contributed by atoms with Gasteiger partial charge in [0, 0.05) is 12.6 Å². The lowest BCUT2D eigenvalue weighted by molar-refractivity contribution is 0.0193. The average molecular weight is 222 g/mol. The fourth-order valence-electron chi connectivity index (χ4n) is 1.20. The maximum absolute atomic E-state index is 11.6. The molecule has 6 heteroatoms. The molecule has 2 N–H and O–H groups in total. The van der Waals surface area contributed by atoms with Crippen molar-refractivity contribution in [1.82, 2.24) is 10.6 Å². The number of carbonyl (C=O) groups is 1. The van der Waals surface area contributed by atoms with Gasteiger partial charge < -0.3 is 15.4 Å². The Labute approximate surface area is 87.4 Å². The summed E-state index contributed by atoms with van der Waals surface area (Å²) >= 11 is 0. The minimum atomic E-state index is -2.45. The third kappa shape index (κ3) is 5.51. The Hall–Kier alpha value is -0.910. The van der Waals surface area contributed by atoms with Crippen molar-refractivity contribution in [2.75, 3.05) is 19.8 Å². The number of rotatable bonds is 6. The van der Waals surface area contributed by atoms with E-state index in [9.17, 15) is 13.6 Å². The molecule has 1 aliphatic carbocycles. The van der Waals surface area contributed by atoms with E-state index in [1.165, 1.54) is 0 Å². The summed E-state index contributed by atoms with van der Waals surface area (Å²) in [4.78, 5) is 11.1. The number of amides is 2. The summed E-state index contributed by atoms with van der Waals surface area (Å²) in [5.41, 5.74) is 0. The van der Waals surface area contributed by atoms with E-state index in [4.69, 9.17) is 0 Å². The maximum atomic E-state index is 11.6. The van der Waals surface area contributed by atoms with Crippen molar-refractivity contribution in [1.29, 1.82) is 0 Å². The van der Waals surface area contributed by atoms with Crippen LogP contribution in [0.3, 0.4) is 0 Å². The Bertz CT molecular complexity index is 199. The number of nitrogens with one attached hydrogen (secondary N) is 2. The van der Waals surface area contributed by atoms with Crippen LogP contribution in [0, 0.1) is 0 Å². The highest BCUT2D eigenvalue weighted by molar-refractivity contribution is 5.74. The summed E-state index contributed by atoms with van der Waals surface area (Å²) in [5.74, 6) is 0. The molecule has 0 atom stereocenters. The highest BCUT2D eigenvalue weighted by Gasteiger charge is 2.18. The predicted molar refractivity (Wildman–Crippen MR) is 51.0 cm³/mol. The molecule has 88 valence electrons. The molecular weight excluding hydrogens is 206 g/mol. The van der Waals surface area contributed by atoms with Gasteiger partial charge in [-0.2, -0.15) is 0 Å². The number of alkyl halides is 2. The number of hydrogen-bond donors (Lipinski definition) is 2. The van der Waals surface area contributed by atoms with E-state index in [2.05, 4.69) is 15.4 Å². The molecule has 0 heterocycles. The molecule has 2 amide bonds. The van der Waals surface area contributed by atoms with E-state index in [1.54, 1.807) is 0 Å². The lowest BCUT2D eigenvalue weighted by Gasteiger charge is -2.26. The second-order valence-corrected chi connectivity index (χ2v) is 3.49. The molecule has 0 saturated heterocycles. The normalized spacial score (nSPS) is 16.2. The summed E-state index contributed by atoms with van der Waals surface area (Å²) in [7, 11) is 0. The van der Waals surface area contributed by atoms with Crippen molar-refractivity contribution in [3.63, 3.8) is 0 Å². The SMILES string of the molecule is O=C(NCCOCC(F)F)NC1CCC1. The van der Waals surface area contributed by atoms with Crippen LogP contribution < -0.4 is 10.6 Å². The lowest BCUT2D eigenvalue weighted by atomic mass is 9.93.